The average molecular weight is 236 g/mol. The van der Waals surface area contributed by atoms with Crippen molar-refractivity contribution in [3.05, 3.63) is 12.1 Å². The fourth-order valence-corrected chi connectivity index (χ4v) is 1.34. The number of nitrogens with one attached hydrogen (secondary N) is 1. The van der Waals surface area contributed by atoms with Gasteiger partial charge in [0.15, 0.2) is 5.65 Å². The van der Waals surface area contributed by atoms with E-state index in [9.17, 15) is 0 Å². The van der Waals surface area contributed by atoms with E-state index in [1.54, 1.807) is 0 Å². The molecular formula is C10H16N6O. The van der Waals surface area contributed by atoms with E-state index < -0.39 is 0 Å². The number of rotatable bonds is 7. The maximum Gasteiger partial charge on any atom is 0.200 e. The molecule has 92 valence electrons. The Kier molecular flexibility index (Phi) is 4.20. The van der Waals surface area contributed by atoms with Gasteiger partial charge in [-0.2, -0.15) is 0 Å². The van der Waals surface area contributed by atoms with Crippen LogP contribution in [0.25, 0.3) is 5.65 Å². The number of anilines is 1. The zero-order valence-corrected chi connectivity index (χ0v) is 9.83. The van der Waals surface area contributed by atoms with Crippen LogP contribution in [0.5, 0.6) is 0 Å². The molecule has 2 rings (SSSR count). The fraction of sp³-hybridized carbons (Fsp3) is 0.600. The Morgan fingerprint density at radius 3 is 3.18 bits per heavy atom. The van der Waals surface area contributed by atoms with Crippen LogP contribution in [0.4, 0.5) is 5.82 Å². The van der Waals surface area contributed by atoms with Gasteiger partial charge in [-0.3, -0.25) is 0 Å². The molecule has 2 aromatic heterocycles. The molecule has 17 heavy (non-hydrogen) atoms. The van der Waals surface area contributed by atoms with Crippen LogP contribution in [0.2, 0.25) is 0 Å². The van der Waals surface area contributed by atoms with Crippen LogP contribution in [0.3, 0.4) is 0 Å². The van der Waals surface area contributed by atoms with Gasteiger partial charge < -0.3 is 10.1 Å². The van der Waals surface area contributed by atoms with Gasteiger partial charge in [-0.1, -0.05) is 13.3 Å². The molecular weight excluding hydrogens is 220 g/mol. The van der Waals surface area contributed by atoms with Crippen molar-refractivity contribution in [3.63, 3.8) is 0 Å². The largest absolute Gasteiger partial charge is 0.380 e. The minimum atomic E-state index is 0.634. The van der Waals surface area contributed by atoms with Crippen LogP contribution in [0, 0.1) is 0 Å². The average Bonchev–Trinajstić information content (AvgIpc) is 2.81. The minimum Gasteiger partial charge on any atom is -0.380 e. The standard InChI is InChI=1S/C10H16N6O/c1-2-3-7-17-8-6-11-9-4-5-10-12-14-15-16(10)13-9/h4-5H,2-3,6-8H2,1H3,(H,11,13). The Hall–Kier alpha value is -1.76. The van der Waals surface area contributed by atoms with Crippen LogP contribution in [0.1, 0.15) is 19.8 Å². The van der Waals surface area contributed by atoms with Crippen molar-refractivity contribution in [2.24, 2.45) is 0 Å². The Morgan fingerprint density at radius 1 is 1.35 bits per heavy atom. The van der Waals surface area contributed by atoms with Crippen LogP contribution in [-0.4, -0.2) is 45.0 Å². The summed E-state index contributed by atoms with van der Waals surface area (Å²) in [5.74, 6) is 0.740. The zero-order valence-electron chi connectivity index (χ0n) is 9.83. The van der Waals surface area contributed by atoms with E-state index >= 15 is 0 Å². The third-order valence-electron chi connectivity index (χ3n) is 2.26. The highest BCUT2D eigenvalue weighted by Gasteiger charge is 1.99. The van der Waals surface area contributed by atoms with Gasteiger partial charge in [0, 0.05) is 13.2 Å². The lowest BCUT2D eigenvalue weighted by atomic mass is 10.4. The summed E-state index contributed by atoms with van der Waals surface area (Å²) in [5, 5.41) is 18.4. The smallest absolute Gasteiger partial charge is 0.200 e. The van der Waals surface area contributed by atoms with Crippen molar-refractivity contribution in [1.82, 2.24) is 25.3 Å². The first kappa shape index (κ1) is 11.7. The molecule has 0 aromatic carbocycles. The molecule has 0 radical (unpaired) electrons. The van der Waals surface area contributed by atoms with E-state index in [2.05, 4.69) is 32.9 Å². The predicted octanol–water partition coefficient (Wildman–Crippen LogP) is 0.748. The summed E-state index contributed by atoms with van der Waals surface area (Å²) < 4.78 is 6.82. The van der Waals surface area contributed by atoms with Crippen molar-refractivity contribution < 1.29 is 4.74 Å². The van der Waals surface area contributed by atoms with Gasteiger partial charge in [-0.25, -0.2) is 0 Å². The SMILES string of the molecule is CCCCOCCNc1ccc2nnnn2n1. The van der Waals surface area contributed by atoms with Crippen molar-refractivity contribution >= 4 is 11.5 Å². The van der Waals surface area contributed by atoms with Gasteiger partial charge in [-0.05, 0) is 29.0 Å². The van der Waals surface area contributed by atoms with Gasteiger partial charge in [0.25, 0.3) is 0 Å². The monoisotopic (exact) mass is 236 g/mol. The third-order valence-corrected chi connectivity index (χ3v) is 2.26. The fourth-order valence-electron chi connectivity index (χ4n) is 1.34. The first-order valence-corrected chi connectivity index (χ1v) is 5.77. The Labute approximate surface area is 99.2 Å². The lowest BCUT2D eigenvalue weighted by Gasteiger charge is -2.05. The minimum absolute atomic E-state index is 0.634. The highest BCUT2D eigenvalue weighted by atomic mass is 16.5. The summed E-state index contributed by atoms with van der Waals surface area (Å²) in [5.41, 5.74) is 0.634. The summed E-state index contributed by atoms with van der Waals surface area (Å²) in [6, 6.07) is 3.66. The number of hydrogen-bond donors (Lipinski definition) is 1. The number of ether oxygens (including phenoxy) is 1. The molecule has 0 unspecified atom stereocenters. The molecule has 0 aliphatic carbocycles. The molecule has 7 heteroatoms. The van der Waals surface area contributed by atoms with E-state index in [0.29, 0.717) is 12.3 Å². The molecule has 0 aliphatic rings. The first-order valence-electron chi connectivity index (χ1n) is 5.77. The van der Waals surface area contributed by atoms with Crippen molar-refractivity contribution in [2.45, 2.75) is 19.8 Å². The molecule has 0 saturated heterocycles. The molecule has 0 spiro atoms. The summed E-state index contributed by atoms with van der Waals surface area (Å²) in [7, 11) is 0. The molecule has 0 saturated carbocycles. The van der Waals surface area contributed by atoms with Gasteiger partial charge in [-0.15, -0.1) is 14.8 Å². The van der Waals surface area contributed by atoms with Gasteiger partial charge >= 0.3 is 0 Å². The number of unbranched alkanes of at least 4 members (excludes halogenated alkanes) is 1. The normalized spacial score (nSPS) is 10.9. The number of tetrazole rings is 1. The van der Waals surface area contributed by atoms with E-state index in [1.807, 2.05) is 12.1 Å². The van der Waals surface area contributed by atoms with Crippen LogP contribution < -0.4 is 5.32 Å². The maximum atomic E-state index is 5.43. The molecule has 2 aromatic rings. The number of aromatic nitrogens is 5. The number of hydrogen-bond acceptors (Lipinski definition) is 6. The van der Waals surface area contributed by atoms with E-state index in [1.165, 1.54) is 4.63 Å². The number of fused-ring (bicyclic) bond motifs is 1. The summed E-state index contributed by atoms with van der Waals surface area (Å²) in [4.78, 5) is 0. The van der Waals surface area contributed by atoms with Crippen LogP contribution in [-0.2, 0) is 4.74 Å². The molecule has 2 heterocycles. The molecule has 0 fully saturated rings. The first-order chi connectivity index (χ1) is 8.40. The molecule has 0 atom stereocenters. The summed E-state index contributed by atoms with van der Waals surface area (Å²) in [6.45, 7) is 4.37. The Morgan fingerprint density at radius 2 is 2.29 bits per heavy atom. The highest BCUT2D eigenvalue weighted by molar-refractivity contribution is 5.41. The molecule has 7 nitrogen and oxygen atoms in total. The van der Waals surface area contributed by atoms with Crippen molar-refractivity contribution in [1.29, 1.82) is 0 Å². The molecule has 0 amide bonds. The van der Waals surface area contributed by atoms with Crippen LogP contribution in [0.15, 0.2) is 12.1 Å². The molecule has 0 aliphatic heterocycles. The van der Waals surface area contributed by atoms with Gasteiger partial charge in [0.05, 0.1) is 6.61 Å². The topological polar surface area (TPSA) is 77.2 Å². The number of nitrogens with zero attached hydrogens (tertiary/aromatic N) is 5. The third kappa shape index (κ3) is 3.35. The second-order valence-corrected chi connectivity index (χ2v) is 3.64. The second-order valence-electron chi connectivity index (χ2n) is 3.64. The molecule has 0 bridgehead atoms. The quantitative estimate of drug-likeness (QED) is 0.715. The van der Waals surface area contributed by atoms with Gasteiger partial charge in [0.2, 0.25) is 0 Å². The maximum absolute atomic E-state index is 5.43. The van der Waals surface area contributed by atoms with Crippen molar-refractivity contribution in [2.75, 3.05) is 25.1 Å². The lowest BCUT2D eigenvalue weighted by molar-refractivity contribution is 0.141. The summed E-state index contributed by atoms with van der Waals surface area (Å²) >= 11 is 0. The summed E-state index contributed by atoms with van der Waals surface area (Å²) in [6.07, 6.45) is 2.26. The Bertz CT molecular complexity index is 457. The highest BCUT2D eigenvalue weighted by Crippen LogP contribution is 2.02. The van der Waals surface area contributed by atoms with E-state index in [0.717, 1.165) is 31.8 Å². The zero-order chi connectivity index (χ0) is 11.9. The van der Waals surface area contributed by atoms with E-state index in [4.69, 9.17) is 4.74 Å². The van der Waals surface area contributed by atoms with Crippen LogP contribution >= 0.6 is 0 Å². The molecule has 1 N–H and O–H groups in total. The Balaban J connectivity index is 1.75. The lowest BCUT2D eigenvalue weighted by Crippen LogP contribution is -2.12. The van der Waals surface area contributed by atoms with Crippen molar-refractivity contribution in [3.8, 4) is 0 Å². The predicted molar refractivity (Wildman–Crippen MR) is 62.8 cm³/mol. The van der Waals surface area contributed by atoms with E-state index in [-0.39, 0.29) is 0 Å². The second kappa shape index (κ2) is 6.09. The van der Waals surface area contributed by atoms with Gasteiger partial charge in [0.1, 0.15) is 5.82 Å².